The number of oxazole rings is 1. The summed E-state index contributed by atoms with van der Waals surface area (Å²) in [5.74, 6) is 0.0152. The molecule has 1 unspecified atom stereocenters. The normalized spacial score (nSPS) is 11.9. The topological polar surface area (TPSA) is 140 Å². The maximum absolute atomic E-state index is 12.0. The lowest BCUT2D eigenvalue weighted by atomic mass is 10.1. The molecule has 11 nitrogen and oxygen atoms in total. The van der Waals surface area contributed by atoms with Crippen LogP contribution in [-0.4, -0.2) is 42.9 Å². The number of aromatic nitrogens is 5. The fraction of sp³-hybridized carbons (Fsp3) is 0.222. The zero-order valence-corrected chi connectivity index (χ0v) is 21.6. The van der Waals surface area contributed by atoms with Gasteiger partial charge in [0.15, 0.2) is 17.2 Å². The summed E-state index contributed by atoms with van der Waals surface area (Å²) in [4.78, 5) is 25.3. The average molecular weight is 514 g/mol. The molecule has 5 rings (SSSR count). The number of aryl methyl sites for hydroxylation is 2. The van der Waals surface area contributed by atoms with Crippen molar-refractivity contribution >= 4 is 34.5 Å². The van der Waals surface area contributed by atoms with E-state index < -0.39 is 5.97 Å². The van der Waals surface area contributed by atoms with Gasteiger partial charge < -0.3 is 24.9 Å². The summed E-state index contributed by atoms with van der Waals surface area (Å²) in [5.41, 5.74) is 5.31. The minimum atomic E-state index is -1.17. The SMILES string of the molecule is COc1c(Nc2nc(NC(C)c3c(C)nn(C)c3C)ncc2C(=O)O)cccc1-c1nc2ccccc2o1. The number of carbonyl (C=O) groups is 1. The number of aromatic carboxylic acids is 1. The third kappa shape index (κ3) is 4.49. The van der Waals surface area contributed by atoms with Crippen LogP contribution in [0.25, 0.3) is 22.6 Å². The minimum absolute atomic E-state index is 0.0914. The van der Waals surface area contributed by atoms with Gasteiger partial charge in [-0.25, -0.2) is 14.8 Å². The highest BCUT2D eigenvalue weighted by atomic mass is 16.5. The van der Waals surface area contributed by atoms with Crippen molar-refractivity contribution in [2.24, 2.45) is 7.05 Å². The van der Waals surface area contributed by atoms with Crippen molar-refractivity contribution in [2.75, 3.05) is 17.7 Å². The number of rotatable bonds is 8. The molecule has 0 saturated carbocycles. The Balaban J connectivity index is 1.50. The number of hydrogen-bond acceptors (Lipinski definition) is 9. The van der Waals surface area contributed by atoms with Gasteiger partial charge in [0, 0.05) is 24.5 Å². The molecule has 0 aliphatic carbocycles. The van der Waals surface area contributed by atoms with Crippen molar-refractivity contribution in [1.29, 1.82) is 0 Å². The van der Waals surface area contributed by atoms with Gasteiger partial charge in [-0.05, 0) is 45.0 Å². The Hall–Kier alpha value is -4.93. The number of anilines is 3. The zero-order valence-electron chi connectivity index (χ0n) is 21.6. The van der Waals surface area contributed by atoms with Crippen LogP contribution >= 0.6 is 0 Å². The van der Waals surface area contributed by atoms with Gasteiger partial charge in [0.2, 0.25) is 11.8 Å². The number of methoxy groups -OCH3 is 1. The van der Waals surface area contributed by atoms with Gasteiger partial charge in [0.1, 0.15) is 11.1 Å². The quantitative estimate of drug-likeness (QED) is 0.252. The number of para-hydroxylation sites is 3. The molecule has 0 aliphatic heterocycles. The Bertz CT molecular complexity index is 1620. The molecule has 0 fully saturated rings. The molecule has 194 valence electrons. The summed E-state index contributed by atoms with van der Waals surface area (Å²) in [6.45, 7) is 5.91. The van der Waals surface area contributed by atoms with Gasteiger partial charge in [-0.3, -0.25) is 4.68 Å². The minimum Gasteiger partial charge on any atom is -0.494 e. The first-order valence-corrected chi connectivity index (χ1v) is 11.9. The van der Waals surface area contributed by atoms with Gasteiger partial charge in [-0.2, -0.15) is 10.1 Å². The van der Waals surface area contributed by atoms with Gasteiger partial charge in [-0.1, -0.05) is 18.2 Å². The van der Waals surface area contributed by atoms with E-state index in [-0.39, 0.29) is 23.4 Å². The molecule has 3 N–H and O–H groups in total. The van der Waals surface area contributed by atoms with Crippen molar-refractivity contribution in [1.82, 2.24) is 24.7 Å². The van der Waals surface area contributed by atoms with Crippen LogP contribution in [0.1, 0.15) is 40.3 Å². The molecule has 5 aromatic rings. The molecule has 0 amide bonds. The molecule has 0 radical (unpaired) electrons. The van der Waals surface area contributed by atoms with E-state index >= 15 is 0 Å². The molecule has 0 aliphatic rings. The highest BCUT2D eigenvalue weighted by molar-refractivity contribution is 5.94. The summed E-state index contributed by atoms with van der Waals surface area (Å²) in [7, 11) is 3.42. The van der Waals surface area contributed by atoms with E-state index in [0.29, 0.717) is 28.5 Å². The van der Waals surface area contributed by atoms with E-state index in [2.05, 4.69) is 30.7 Å². The summed E-state index contributed by atoms with van der Waals surface area (Å²) < 4.78 is 13.5. The first-order valence-electron chi connectivity index (χ1n) is 11.9. The number of hydrogen-bond donors (Lipinski definition) is 3. The van der Waals surface area contributed by atoms with Crippen molar-refractivity contribution in [3.63, 3.8) is 0 Å². The van der Waals surface area contributed by atoms with E-state index in [4.69, 9.17) is 9.15 Å². The lowest BCUT2D eigenvalue weighted by Crippen LogP contribution is -2.14. The number of benzene rings is 2. The van der Waals surface area contributed by atoms with Gasteiger partial charge in [-0.15, -0.1) is 0 Å². The van der Waals surface area contributed by atoms with E-state index in [9.17, 15) is 9.90 Å². The lowest BCUT2D eigenvalue weighted by Gasteiger charge is -2.17. The van der Waals surface area contributed by atoms with Crippen LogP contribution in [0.4, 0.5) is 17.5 Å². The molecule has 3 aromatic heterocycles. The average Bonchev–Trinajstić information content (AvgIpc) is 3.43. The molecule has 11 heteroatoms. The molecule has 2 aromatic carbocycles. The largest absolute Gasteiger partial charge is 0.494 e. The van der Waals surface area contributed by atoms with Crippen LogP contribution in [0, 0.1) is 13.8 Å². The molecule has 0 spiro atoms. The first-order chi connectivity index (χ1) is 18.3. The third-order valence-corrected chi connectivity index (χ3v) is 6.36. The smallest absolute Gasteiger partial charge is 0.341 e. The standard InChI is InChI=1S/C27H27N7O4/c1-14(22-15(2)33-34(4)16(22)3)29-27-28-13-18(26(35)36)24(32-27)30-20-11-8-9-17(23(20)37-5)25-31-19-10-6-7-12-21(19)38-25/h6-14H,1-5H3,(H,35,36)(H2,28,29,30,32). The highest BCUT2D eigenvalue weighted by Gasteiger charge is 2.21. The van der Waals surface area contributed by atoms with Gasteiger partial charge in [0.25, 0.3) is 0 Å². The third-order valence-electron chi connectivity index (χ3n) is 6.36. The summed E-state index contributed by atoms with van der Waals surface area (Å²) in [6, 6.07) is 12.7. The Morgan fingerprint density at radius 1 is 1.13 bits per heavy atom. The maximum Gasteiger partial charge on any atom is 0.341 e. The number of ether oxygens (including phenoxy) is 1. The second kappa shape index (κ2) is 9.85. The number of nitrogens with zero attached hydrogens (tertiary/aromatic N) is 5. The molecule has 0 saturated heterocycles. The second-order valence-electron chi connectivity index (χ2n) is 8.83. The van der Waals surface area contributed by atoms with E-state index in [1.165, 1.54) is 13.3 Å². The lowest BCUT2D eigenvalue weighted by molar-refractivity contribution is 0.0697. The number of carboxylic acid groups (broad SMARTS) is 1. The van der Waals surface area contributed by atoms with Gasteiger partial charge >= 0.3 is 5.97 Å². The maximum atomic E-state index is 12.0. The molecule has 1 atom stereocenters. The van der Waals surface area contributed by atoms with E-state index in [0.717, 1.165) is 22.5 Å². The van der Waals surface area contributed by atoms with Crippen LogP contribution in [0.15, 0.2) is 53.1 Å². The molecular weight excluding hydrogens is 486 g/mol. The predicted octanol–water partition coefficient (Wildman–Crippen LogP) is 5.26. The molecule has 38 heavy (non-hydrogen) atoms. The monoisotopic (exact) mass is 513 g/mol. The fourth-order valence-electron chi connectivity index (χ4n) is 4.52. The van der Waals surface area contributed by atoms with E-state index in [1.54, 1.807) is 12.1 Å². The highest BCUT2D eigenvalue weighted by Crippen LogP contribution is 2.39. The van der Waals surface area contributed by atoms with Crippen LogP contribution < -0.4 is 15.4 Å². The van der Waals surface area contributed by atoms with Gasteiger partial charge in [0.05, 0.1) is 30.1 Å². The Morgan fingerprint density at radius 2 is 1.92 bits per heavy atom. The number of carboxylic acids is 1. The summed E-state index contributed by atoms with van der Waals surface area (Å²) in [6.07, 6.45) is 1.27. The van der Waals surface area contributed by atoms with Crippen LogP contribution in [0.2, 0.25) is 0 Å². The summed E-state index contributed by atoms with van der Waals surface area (Å²) >= 11 is 0. The Labute approximate surface area is 218 Å². The molecule has 0 bridgehead atoms. The number of nitrogens with one attached hydrogen (secondary N) is 2. The Kier molecular flexibility index (Phi) is 6.41. The zero-order chi connectivity index (χ0) is 27.0. The predicted molar refractivity (Wildman–Crippen MR) is 143 cm³/mol. The first kappa shape index (κ1) is 24.8. The fourth-order valence-corrected chi connectivity index (χ4v) is 4.52. The van der Waals surface area contributed by atoms with Crippen LogP contribution in [0.5, 0.6) is 5.75 Å². The second-order valence-corrected chi connectivity index (χ2v) is 8.83. The Morgan fingerprint density at radius 3 is 2.61 bits per heavy atom. The molecular formula is C27H27N7O4. The summed E-state index contributed by atoms with van der Waals surface area (Å²) in [5, 5.41) is 20.6. The molecule has 3 heterocycles. The van der Waals surface area contributed by atoms with Crippen molar-refractivity contribution in [3.8, 4) is 17.2 Å². The van der Waals surface area contributed by atoms with E-state index in [1.807, 2.05) is 62.8 Å². The van der Waals surface area contributed by atoms with Crippen molar-refractivity contribution < 1.29 is 19.1 Å². The van der Waals surface area contributed by atoms with Crippen molar-refractivity contribution in [3.05, 3.63) is 71.2 Å². The van der Waals surface area contributed by atoms with Crippen LogP contribution in [-0.2, 0) is 7.05 Å². The number of fused-ring (bicyclic) bond motifs is 1. The van der Waals surface area contributed by atoms with Crippen LogP contribution in [0.3, 0.4) is 0 Å². The van der Waals surface area contributed by atoms with Crippen molar-refractivity contribution in [2.45, 2.75) is 26.8 Å².